The molecule has 5 nitrogen and oxygen atoms in total. The maximum atomic E-state index is 5.21. The van der Waals surface area contributed by atoms with E-state index in [4.69, 9.17) is 9.72 Å². The van der Waals surface area contributed by atoms with Gasteiger partial charge in [-0.05, 0) is 55.7 Å². The predicted octanol–water partition coefficient (Wildman–Crippen LogP) is 4.62. The van der Waals surface area contributed by atoms with Gasteiger partial charge in [0.25, 0.3) is 0 Å². The number of para-hydroxylation sites is 1. The zero-order chi connectivity index (χ0) is 17.9. The first-order chi connectivity index (χ1) is 12.7. The Balaban J connectivity index is 1.64. The van der Waals surface area contributed by atoms with Gasteiger partial charge < -0.3 is 15.0 Å². The molecule has 0 unspecified atom stereocenters. The highest BCUT2D eigenvalue weighted by molar-refractivity contribution is 5.65. The molecule has 2 aromatic carbocycles. The van der Waals surface area contributed by atoms with Crippen LogP contribution < -0.4 is 15.0 Å². The Morgan fingerprint density at radius 1 is 1.04 bits per heavy atom. The average Bonchev–Trinajstić information content (AvgIpc) is 2.67. The zero-order valence-electron chi connectivity index (χ0n) is 15.1. The summed E-state index contributed by atoms with van der Waals surface area (Å²) in [6.45, 7) is 2.93. The van der Waals surface area contributed by atoms with Crippen molar-refractivity contribution in [2.75, 3.05) is 23.9 Å². The van der Waals surface area contributed by atoms with E-state index in [-0.39, 0.29) is 0 Å². The van der Waals surface area contributed by atoms with Crippen molar-refractivity contribution in [1.82, 2.24) is 9.97 Å². The highest BCUT2D eigenvalue weighted by atomic mass is 16.5. The summed E-state index contributed by atoms with van der Waals surface area (Å²) in [5, 5.41) is 3.37. The van der Waals surface area contributed by atoms with Crippen LogP contribution in [0.25, 0.3) is 0 Å². The molecule has 0 fully saturated rings. The number of aryl methyl sites for hydroxylation is 2. The van der Waals surface area contributed by atoms with Crippen LogP contribution in [-0.4, -0.2) is 23.6 Å². The number of aromatic nitrogens is 2. The topological polar surface area (TPSA) is 50.3 Å². The van der Waals surface area contributed by atoms with Crippen LogP contribution in [0.5, 0.6) is 5.75 Å². The van der Waals surface area contributed by atoms with E-state index < -0.39 is 0 Å². The lowest BCUT2D eigenvalue weighted by atomic mass is 10.0. The van der Waals surface area contributed by atoms with E-state index in [1.54, 1.807) is 7.11 Å². The minimum Gasteiger partial charge on any atom is -0.497 e. The van der Waals surface area contributed by atoms with Gasteiger partial charge in [-0.25, -0.2) is 4.98 Å². The van der Waals surface area contributed by atoms with Crippen LogP contribution in [0.1, 0.15) is 17.7 Å². The van der Waals surface area contributed by atoms with Crippen LogP contribution in [0, 0.1) is 6.92 Å². The summed E-state index contributed by atoms with van der Waals surface area (Å²) in [5.74, 6) is 2.37. The van der Waals surface area contributed by atoms with Gasteiger partial charge in [0.05, 0.1) is 7.11 Å². The summed E-state index contributed by atoms with van der Waals surface area (Å²) in [4.78, 5) is 11.7. The standard InChI is InChI=1S/C21H22N4O/c1-15-14-20(23-17-9-11-18(26-2)12-10-17)24-21(22-15)25-13-5-7-16-6-3-4-8-19(16)25/h3-4,6,8-12,14H,5,7,13H2,1-2H3,(H,22,23,24). The van der Waals surface area contributed by atoms with Crippen molar-refractivity contribution in [3.8, 4) is 5.75 Å². The van der Waals surface area contributed by atoms with Crippen LogP contribution in [0.2, 0.25) is 0 Å². The number of anilines is 4. The Bertz CT molecular complexity index is 908. The third-order valence-corrected chi connectivity index (χ3v) is 4.56. The van der Waals surface area contributed by atoms with Crippen LogP contribution in [0.4, 0.5) is 23.1 Å². The van der Waals surface area contributed by atoms with Crippen molar-refractivity contribution in [2.24, 2.45) is 0 Å². The molecule has 1 aliphatic heterocycles. The maximum absolute atomic E-state index is 5.21. The van der Waals surface area contributed by atoms with Gasteiger partial charge in [-0.2, -0.15) is 4.98 Å². The Labute approximate surface area is 153 Å². The fourth-order valence-electron chi connectivity index (χ4n) is 3.30. The van der Waals surface area contributed by atoms with E-state index in [9.17, 15) is 0 Å². The van der Waals surface area contributed by atoms with Crippen LogP contribution in [0.15, 0.2) is 54.6 Å². The molecule has 2 heterocycles. The number of fused-ring (bicyclic) bond motifs is 1. The molecule has 26 heavy (non-hydrogen) atoms. The Morgan fingerprint density at radius 3 is 2.65 bits per heavy atom. The molecule has 0 spiro atoms. The third-order valence-electron chi connectivity index (χ3n) is 4.56. The van der Waals surface area contributed by atoms with E-state index in [2.05, 4.69) is 39.5 Å². The molecule has 3 aromatic rings. The van der Waals surface area contributed by atoms with Gasteiger partial charge in [-0.15, -0.1) is 0 Å². The third kappa shape index (κ3) is 3.33. The number of rotatable bonds is 4. The quantitative estimate of drug-likeness (QED) is 0.747. The van der Waals surface area contributed by atoms with E-state index in [1.165, 1.54) is 11.3 Å². The van der Waals surface area contributed by atoms with Gasteiger partial charge in [0.2, 0.25) is 5.95 Å². The first kappa shape index (κ1) is 16.4. The average molecular weight is 346 g/mol. The molecule has 5 heteroatoms. The van der Waals surface area contributed by atoms with Crippen molar-refractivity contribution in [3.63, 3.8) is 0 Å². The molecule has 0 radical (unpaired) electrons. The second-order valence-electron chi connectivity index (χ2n) is 6.43. The number of nitrogens with one attached hydrogen (secondary N) is 1. The molecular weight excluding hydrogens is 324 g/mol. The predicted molar refractivity (Wildman–Crippen MR) is 105 cm³/mol. The number of ether oxygens (including phenoxy) is 1. The zero-order valence-corrected chi connectivity index (χ0v) is 15.1. The molecular formula is C21H22N4O. The molecule has 1 N–H and O–H groups in total. The second kappa shape index (κ2) is 7.04. The largest absolute Gasteiger partial charge is 0.497 e. The highest BCUT2D eigenvalue weighted by Gasteiger charge is 2.20. The van der Waals surface area contributed by atoms with Gasteiger partial charge in [-0.1, -0.05) is 18.2 Å². The van der Waals surface area contributed by atoms with E-state index >= 15 is 0 Å². The van der Waals surface area contributed by atoms with Gasteiger partial charge in [0, 0.05) is 29.7 Å². The summed E-state index contributed by atoms with van der Waals surface area (Å²) in [7, 11) is 1.67. The van der Waals surface area contributed by atoms with Gasteiger partial charge in [-0.3, -0.25) is 0 Å². The van der Waals surface area contributed by atoms with Gasteiger partial charge in [0.1, 0.15) is 11.6 Å². The molecule has 132 valence electrons. The monoisotopic (exact) mass is 346 g/mol. The van der Waals surface area contributed by atoms with Gasteiger partial charge >= 0.3 is 0 Å². The fourth-order valence-corrected chi connectivity index (χ4v) is 3.30. The number of hydrogen-bond donors (Lipinski definition) is 1. The SMILES string of the molecule is COc1ccc(Nc2cc(C)nc(N3CCCc4ccccc43)n2)cc1. The molecule has 0 amide bonds. The maximum Gasteiger partial charge on any atom is 0.232 e. The van der Waals surface area contributed by atoms with Crippen LogP contribution in [-0.2, 0) is 6.42 Å². The van der Waals surface area contributed by atoms with Crippen LogP contribution >= 0.6 is 0 Å². The molecule has 0 aliphatic carbocycles. The molecule has 0 atom stereocenters. The lowest BCUT2D eigenvalue weighted by molar-refractivity contribution is 0.415. The van der Waals surface area contributed by atoms with Gasteiger partial charge in [0.15, 0.2) is 0 Å². The molecule has 1 aromatic heterocycles. The summed E-state index contributed by atoms with van der Waals surface area (Å²) in [6.07, 6.45) is 2.21. The molecule has 0 saturated heterocycles. The Hall–Kier alpha value is -3.08. The number of methoxy groups -OCH3 is 1. The first-order valence-electron chi connectivity index (χ1n) is 8.85. The number of benzene rings is 2. The van der Waals surface area contributed by atoms with Crippen molar-refractivity contribution in [2.45, 2.75) is 19.8 Å². The second-order valence-corrected chi connectivity index (χ2v) is 6.43. The summed E-state index contributed by atoms with van der Waals surface area (Å²) < 4.78 is 5.21. The molecule has 0 saturated carbocycles. The lowest BCUT2D eigenvalue weighted by Crippen LogP contribution is -2.26. The normalized spacial score (nSPS) is 13.2. The summed E-state index contributed by atoms with van der Waals surface area (Å²) in [6, 6.07) is 18.3. The Kier molecular flexibility index (Phi) is 4.44. The van der Waals surface area contributed by atoms with Crippen molar-refractivity contribution >= 4 is 23.1 Å². The Morgan fingerprint density at radius 2 is 1.85 bits per heavy atom. The highest BCUT2D eigenvalue weighted by Crippen LogP contribution is 2.32. The van der Waals surface area contributed by atoms with Crippen LogP contribution in [0.3, 0.4) is 0 Å². The van der Waals surface area contributed by atoms with E-state index in [0.29, 0.717) is 0 Å². The summed E-state index contributed by atoms with van der Waals surface area (Å²) in [5.41, 5.74) is 4.47. The summed E-state index contributed by atoms with van der Waals surface area (Å²) >= 11 is 0. The lowest BCUT2D eigenvalue weighted by Gasteiger charge is -2.29. The minimum absolute atomic E-state index is 0.744. The minimum atomic E-state index is 0.744. The molecule has 4 rings (SSSR count). The van der Waals surface area contributed by atoms with Crippen molar-refractivity contribution < 1.29 is 4.74 Å². The van der Waals surface area contributed by atoms with Crippen molar-refractivity contribution in [1.29, 1.82) is 0 Å². The first-order valence-corrected chi connectivity index (χ1v) is 8.85. The fraction of sp³-hybridized carbons (Fsp3) is 0.238. The molecule has 0 bridgehead atoms. The number of hydrogen-bond acceptors (Lipinski definition) is 5. The number of nitrogens with zero attached hydrogens (tertiary/aromatic N) is 3. The van der Waals surface area contributed by atoms with E-state index in [1.807, 2.05) is 37.3 Å². The molecule has 1 aliphatic rings. The van der Waals surface area contributed by atoms with Crippen molar-refractivity contribution in [3.05, 3.63) is 65.9 Å². The van der Waals surface area contributed by atoms with E-state index in [0.717, 1.165) is 48.3 Å². The smallest absolute Gasteiger partial charge is 0.232 e.